The van der Waals surface area contributed by atoms with Crippen LogP contribution >= 0.6 is 0 Å². The predicted molar refractivity (Wildman–Crippen MR) is 141 cm³/mol. The van der Waals surface area contributed by atoms with Crippen molar-refractivity contribution in [1.29, 1.82) is 0 Å². The van der Waals surface area contributed by atoms with Gasteiger partial charge in [-0.2, -0.15) is 0 Å². The summed E-state index contributed by atoms with van der Waals surface area (Å²) in [4.78, 5) is 2.24. The van der Waals surface area contributed by atoms with Gasteiger partial charge in [-0.1, -0.05) is 126 Å². The lowest BCUT2D eigenvalue weighted by molar-refractivity contribution is 0.360. The van der Waals surface area contributed by atoms with E-state index >= 15 is 0 Å². The Morgan fingerprint density at radius 2 is 1.17 bits per heavy atom. The molecule has 0 amide bonds. The Bertz CT molecular complexity index is 555. The molecule has 0 fully saturated rings. The van der Waals surface area contributed by atoms with Crippen LogP contribution < -0.4 is 0 Å². The average molecular weight is 412 g/mol. The van der Waals surface area contributed by atoms with Gasteiger partial charge in [0, 0.05) is 7.05 Å². The molecule has 0 bridgehead atoms. The van der Waals surface area contributed by atoms with E-state index in [0.29, 0.717) is 6.04 Å². The highest BCUT2D eigenvalue weighted by molar-refractivity contribution is 5.24. The molecule has 0 saturated heterocycles. The first-order valence-electron chi connectivity index (χ1n) is 11.6. The summed E-state index contributed by atoms with van der Waals surface area (Å²) in [6, 6.07) is 21.2. The molecule has 0 heterocycles. The second kappa shape index (κ2) is 26.7. The minimum atomic E-state index is 0.438. The van der Waals surface area contributed by atoms with Crippen LogP contribution in [0, 0.1) is 6.92 Å². The second-order valence-electron chi connectivity index (χ2n) is 6.18. The smallest absolute Gasteiger partial charge is 0.0505 e. The van der Waals surface area contributed by atoms with Gasteiger partial charge in [0.05, 0.1) is 6.04 Å². The molecule has 0 aliphatic heterocycles. The molecular formula is C29H49N. The van der Waals surface area contributed by atoms with E-state index in [1.807, 2.05) is 71.0 Å². The van der Waals surface area contributed by atoms with E-state index in [1.165, 1.54) is 11.1 Å². The van der Waals surface area contributed by atoms with Gasteiger partial charge in [-0.15, -0.1) is 0 Å². The zero-order chi connectivity index (χ0) is 23.6. The summed E-state index contributed by atoms with van der Waals surface area (Å²) >= 11 is 0. The molecule has 1 atom stereocenters. The first-order chi connectivity index (χ1) is 14.6. The van der Waals surface area contributed by atoms with Crippen molar-refractivity contribution in [3.8, 4) is 0 Å². The molecule has 1 heteroatoms. The molecule has 2 aromatic carbocycles. The van der Waals surface area contributed by atoms with E-state index in [0.717, 1.165) is 12.8 Å². The lowest BCUT2D eigenvalue weighted by atomic mass is 10.1. The first kappa shape index (κ1) is 32.4. The van der Waals surface area contributed by atoms with Gasteiger partial charge >= 0.3 is 0 Å². The molecule has 170 valence electrons. The van der Waals surface area contributed by atoms with Crippen LogP contribution in [0.5, 0.6) is 0 Å². The third kappa shape index (κ3) is 20.5. The Morgan fingerprint density at radius 1 is 0.767 bits per heavy atom. The fourth-order valence-electron chi connectivity index (χ4n) is 2.10. The fourth-order valence-corrected chi connectivity index (χ4v) is 2.10. The zero-order valence-electron chi connectivity index (χ0n) is 21.5. The Hall–Kier alpha value is -2.28. The minimum absolute atomic E-state index is 0.438. The SMILES string of the molecule is C/C=C\CC.CC.CC.CC/C=C/N(C)C(C)c1ccc(C)cc1.c1ccccc1. The van der Waals surface area contributed by atoms with Crippen LogP contribution in [0.1, 0.15) is 85.4 Å². The quantitative estimate of drug-likeness (QED) is 0.442. The number of allylic oxidation sites excluding steroid dienone is 3. The zero-order valence-corrected chi connectivity index (χ0v) is 21.5. The highest BCUT2D eigenvalue weighted by Crippen LogP contribution is 2.19. The van der Waals surface area contributed by atoms with Gasteiger partial charge in [-0.3, -0.25) is 0 Å². The molecule has 0 aliphatic carbocycles. The summed E-state index contributed by atoms with van der Waals surface area (Å²) in [6.45, 7) is 18.7. The molecular weight excluding hydrogens is 362 g/mol. The minimum Gasteiger partial charge on any atom is -0.374 e. The Morgan fingerprint density at radius 3 is 1.47 bits per heavy atom. The maximum absolute atomic E-state index is 2.24. The van der Waals surface area contributed by atoms with Crippen molar-refractivity contribution in [2.45, 2.75) is 81.2 Å². The van der Waals surface area contributed by atoms with E-state index in [-0.39, 0.29) is 0 Å². The second-order valence-corrected chi connectivity index (χ2v) is 6.18. The number of rotatable bonds is 5. The van der Waals surface area contributed by atoms with Gasteiger partial charge in [0.1, 0.15) is 0 Å². The molecule has 0 aliphatic rings. The molecule has 0 aromatic heterocycles. The molecule has 2 aromatic rings. The number of hydrogen-bond donors (Lipinski definition) is 0. The van der Waals surface area contributed by atoms with Gasteiger partial charge in [-0.05, 0) is 45.4 Å². The molecule has 2 rings (SSSR count). The monoisotopic (exact) mass is 411 g/mol. The van der Waals surface area contributed by atoms with Crippen molar-refractivity contribution >= 4 is 0 Å². The van der Waals surface area contributed by atoms with Gasteiger partial charge in [0.25, 0.3) is 0 Å². The summed E-state index contributed by atoms with van der Waals surface area (Å²) < 4.78 is 0. The molecule has 0 spiro atoms. The topological polar surface area (TPSA) is 3.24 Å². The summed E-state index contributed by atoms with van der Waals surface area (Å²) in [7, 11) is 2.12. The van der Waals surface area contributed by atoms with Crippen molar-refractivity contribution in [2.75, 3.05) is 7.05 Å². The normalized spacial score (nSPS) is 10.2. The summed E-state index contributed by atoms with van der Waals surface area (Å²) in [6.07, 6.45) is 10.8. The third-order valence-corrected chi connectivity index (χ3v) is 3.88. The summed E-state index contributed by atoms with van der Waals surface area (Å²) in [5.41, 5.74) is 2.68. The van der Waals surface area contributed by atoms with E-state index < -0.39 is 0 Å². The molecule has 1 unspecified atom stereocenters. The molecule has 0 radical (unpaired) electrons. The lowest BCUT2D eigenvalue weighted by Crippen LogP contribution is -2.15. The van der Waals surface area contributed by atoms with Crippen molar-refractivity contribution in [3.05, 3.63) is 96.2 Å². The maximum Gasteiger partial charge on any atom is 0.0505 e. The van der Waals surface area contributed by atoms with Gasteiger partial charge in [0.2, 0.25) is 0 Å². The maximum atomic E-state index is 2.24. The predicted octanol–water partition coefficient (Wildman–Crippen LogP) is 9.62. The van der Waals surface area contributed by atoms with Crippen molar-refractivity contribution in [2.24, 2.45) is 0 Å². The fraction of sp³-hybridized carbons (Fsp3) is 0.448. The Labute approximate surface area is 189 Å². The van der Waals surface area contributed by atoms with Crippen LogP contribution in [-0.4, -0.2) is 11.9 Å². The van der Waals surface area contributed by atoms with Crippen LogP contribution in [0.15, 0.2) is 85.1 Å². The van der Waals surface area contributed by atoms with Crippen molar-refractivity contribution in [1.82, 2.24) is 4.90 Å². The van der Waals surface area contributed by atoms with Crippen LogP contribution in [0.2, 0.25) is 0 Å². The van der Waals surface area contributed by atoms with Gasteiger partial charge in [-0.25, -0.2) is 0 Å². The third-order valence-electron chi connectivity index (χ3n) is 3.88. The molecule has 30 heavy (non-hydrogen) atoms. The van der Waals surface area contributed by atoms with Crippen LogP contribution in [0.4, 0.5) is 0 Å². The molecule has 0 N–H and O–H groups in total. The Kier molecular flexibility index (Phi) is 28.8. The van der Waals surface area contributed by atoms with Crippen LogP contribution in [0.3, 0.4) is 0 Å². The first-order valence-corrected chi connectivity index (χ1v) is 11.6. The average Bonchev–Trinajstić information content (AvgIpc) is 2.82. The van der Waals surface area contributed by atoms with Crippen molar-refractivity contribution in [3.63, 3.8) is 0 Å². The van der Waals surface area contributed by atoms with E-state index in [9.17, 15) is 0 Å². The lowest BCUT2D eigenvalue weighted by Gasteiger charge is -2.23. The standard InChI is InChI=1S/C14H21N.C6H6.C5H10.2C2H6/c1-5-6-11-15(4)13(3)14-9-7-12(2)8-10-14;1-2-4-6-5-3-1;1-3-5-4-2;2*1-2/h6-11,13H,5H2,1-4H3;1-6H;3,5H,4H2,1-2H3;2*1-2H3/b11-6+;;5-3-;;. The van der Waals surface area contributed by atoms with E-state index in [1.54, 1.807) is 0 Å². The number of aryl methyl sites for hydroxylation is 1. The van der Waals surface area contributed by atoms with Gasteiger partial charge in [0.15, 0.2) is 0 Å². The summed E-state index contributed by atoms with van der Waals surface area (Å²) in [5, 5.41) is 0. The number of hydrogen-bond acceptors (Lipinski definition) is 1. The largest absolute Gasteiger partial charge is 0.374 e. The summed E-state index contributed by atoms with van der Waals surface area (Å²) in [5.74, 6) is 0. The number of nitrogens with zero attached hydrogens (tertiary/aromatic N) is 1. The highest BCUT2D eigenvalue weighted by Gasteiger charge is 2.07. The van der Waals surface area contributed by atoms with E-state index in [2.05, 4.69) is 88.3 Å². The molecule has 1 nitrogen and oxygen atoms in total. The van der Waals surface area contributed by atoms with Crippen LogP contribution in [-0.2, 0) is 0 Å². The van der Waals surface area contributed by atoms with E-state index in [4.69, 9.17) is 0 Å². The highest BCUT2D eigenvalue weighted by atomic mass is 15.1. The Balaban J connectivity index is -0.000000400. The van der Waals surface area contributed by atoms with Gasteiger partial charge < -0.3 is 4.90 Å². The molecule has 0 saturated carbocycles. The van der Waals surface area contributed by atoms with Crippen LogP contribution in [0.25, 0.3) is 0 Å². The number of benzene rings is 2. The van der Waals surface area contributed by atoms with Crippen molar-refractivity contribution < 1.29 is 0 Å².